The molecule has 11 rings (SSSR count). The van der Waals surface area contributed by atoms with E-state index in [2.05, 4.69) is 193 Å². The van der Waals surface area contributed by atoms with E-state index in [1.165, 1.54) is 95.5 Å². The van der Waals surface area contributed by atoms with Gasteiger partial charge in [0.25, 0.3) is 0 Å². The van der Waals surface area contributed by atoms with Crippen molar-refractivity contribution in [3.63, 3.8) is 0 Å². The SMILES string of the molecule is c1ccc(-c2cccc3c2sc2c(-c4cccc5sc6c7ccccc7c(N(c7ccccc7)c7cccc8ccccc78)cc6c45)cccc23)cc1. The van der Waals surface area contributed by atoms with Crippen molar-refractivity contribution >= 4 is 102 Å². The van der Waals surface area contributed by atoms with Gasteiger partial charge in [-0.2, -0.15) is 0 Å². The van der Waals surface area contributed by atoms with Crippen molar-refractivity contribution < 1.29 is 0 Å². The van der Waals surface area contributed by atoms with Gasteiger partial charge in [-0.25, -0.2) is 0 Å². The maximum Gasteiger partial charge on any atom is 0.0547 e. The Morgan fingerprint density at radius 3 is 1.72 bits per heavy atom. The predicted octanol–water partition coefficient (Wildman–Crippen LogP) is 15.5. The molecule has 0 fully saturated rings. The van der Waals surface area contributed by atoms with Gasteiger partial charge in [0.15, 0.2) is 0 Å². The molecule has 1 nitrogen and oxygen atoms in total. The van der Waals surface area contributed by atoms with E-state index in [0.717, 1.165) is 5.69 Å². The van der Waals surface area contributed by atoms with E-state index in [-0.39, 0.29) is 0 Å². The second-order valence-corrected chi connectivity index (χ2v) is 15.7. The zero-order valence-corrected chi connectivity index (χ0v) is 30.3. The number of anilines is 3. The highest BCUT2D eigenvalue weighted by atomic mass is 32.1. The topological polar surface area (TPSA) is 3.24 Å². The van der Waals surface area contributed by atoms with Crippen LogP contribution >= 0.6 is 22.7 Å². The minimum absolute atomic E-state index is 1.14. The zero-order valence-electron chi connectivity index (χ0n) is 28.7. The van der Waals surface area contributed by atoms with Gasteiger partial charge in [-0.1, -0.05) is 158 Å². The Hall–Kier alpha value is -6.26. The Morgan fingerprint density at radius 1 is 0.340 bits per heavy atom. The van der Waals surface area contributed by atoms with Gasteiger partial charge >= 0.3 is 0 Å². The third-order valence-electron chi connectivity index (χ3n) is 10.6. The van der Waals surface area contributed by atoms with Crippen LogP contribution in [0.15, 0.2) is 188 Å². The van der Waals surface area contributed by atoms with E-state index >= 15 is 0 Å². The molecule has 0 bridgehead atoms. The van der Waals surface area contributed by atoms with Crippen LogP contribution in [0.3, 0.4) is 0 Å². The average molecular weight is 710 g/mol. The van der Waals surface area contributed by atoms with Crippen molar-refractivity contribution in [3.8, 4) is 22.3 Å². The largest absolute Gasteiger partial charge is 0.309 e. The zero-order chi connectivity index (χ0) is 34.9. The number of benzene rings is 9. The molecule has 0 aliphatic carbocycles. The molecule has 0 amide bonds. The second kappa shape index (κ2) is 12.2. The van der Waals surface area contributed by atoms with Crippen LogP contribution in [0.4, 0.5) is 17.1 Å². The number of para-hydroxylation sites is 1. The van der Waals surface area contributed by atoms with E-state index in [1.54, 1.807) is 0 Å². The lowest BCUT2D eigenvalue weighted by Crippen LogP contribution is -2.11. The Balaban J connectivity index is 1.22. The lowest BCUT2D eigenvalue weighted by molar-refractivity contribution is 1.32. The first-order valence-corrected chi connectivity index (χ1v) is 19.6. The van der Waals surface area contributed by atoms with E-state index in [4.69, 9.17) is 0 Å². The monoisotopic (exact) mass is 709 g/mol. The molecule has 0 saturated carbocycles. The summed E-state index contributed by atoms with van der Waals surface area (Å²) < 4.78 is 5.30. The van der Waals surface area contributed by atoms with E-state index in [9.17, 15) is 0 Å². The summed E-state index contributed by atoms with van der Waals surface area (Å²) in [5.74, 6) is 0. The summed E-state index contributed by atoms with van der Waals surface area (Å²) >= 11 is 3.83. The van der Waals surface area contributed by atoms with Crippen LogP contribution in [0.5, 0.6) is 0 Å². The van der Waals surface area contributed by atoms with E-state index < -0.39 is 0 Å². The smallest absolute Gasteiger partial charge is 0.0547 e. The highest BCUT2D eigenvalue weighted by Gasteiger charge is 2.23. The quantitative estimate of drug-likeness (QED) is 0.172. The molecular weight excluding hydrogens is 679 g/mol. The molecule has 2 aromatic heterocycles. The molecule has 0 saturated heterocycles. The molecule has 53 heavy (non-hydrogen) atoms. The minimum atomic E-state index is 1.14. The van der Waals surface area contributed by atoms with Gasteiger partial charge in [0.2, 0.25) is 0 Å². The molecule has 0 N–H and O–H groups in total. The van der Waals surface area contributed by atoms with Crippen LogP contribution < -0.4 is 4.90 Å². The van der Waals surface area contributed by atoms with Crippen LogP contribution in [-0.4, -0.2) is 0 Å². The van der Waals surface area contributed by atoms with E-state index in [1.807, 2.05) is 22.7 Å². The van der Waals surface area contributed by atoms with Crippen LogP contribution in [0.1, 0.15) is 0 Å². The number of thiophene rings is 2. The van der Waals surface area contributed by atoms with Crippen molar-refractivity contribution in [1.82, 2.24) is 0 Å². The summed E-state index contributed by atoms with van der Waals surface area (Å²) in [6.45, 7) is 0. The van der Waals surface area contributed by atoms with E-state index in [0.29, 0.717) is 0 Å². The number of nitrogens with zero attached hydrogens (tertiary/aromatic N) is 1. The fraction of sp³-hybridized carbons (Fsp3) is 0. The summed E-state index contributed by atoms with van der Waals surface area (Å²) in [5.41, 5.74) is 8.60. The molecule has 0 unspecified atom stereocenters. The van der Waals surface area contributed by atoms with Crippen LogP contribution in [0.2, 0.25) is 0 Å². The van der Waals surface area contributed by atoms with Crippen LogP contribution in [-0.2, 0) is 0 Å². The normalized spacial score (nSPS) is 11.8. The second-order valence-electron chi connectivity index (χ2n) is 13.6. The minimum Gasteiger partial charge on any atom is -0.309 e. The fourth-order valence-electron chi connectivity index (χ4n) is 8.30. The lowest BCUT2D eigenvalue weighted by Gasteiger charge is -2.28. The van der Waals surface area contributed by atoms with Crippen LogP contribution in [0.25, 0.3) is 84.1 Å². The molecule has 248 valence electrons. The molecule has 9 aromatic carbocycles. The summed E-state index contributed by atoms with van der Waals surface area (Å²) in [6.07, 6.45) is 0. The number of rotatable bonds is 5. The summed E-state index contributed by atoms with van der Waals surface area (Å²) in [6, 6.07) is 68.9. The maximum absolute atomic E-state index is 2.47. The van der Waals surface area contributed by atoms with Gasteiger partial charge in [-0.15, -0.1) is 22.7 Å². The van der Waals surface area contributed by atoms with Gasteiger partial charge in [0.1, 0.15) is 0 Å². The van der Waals surface area contributed by atoms with Crippen LogP contribution in [0, 0.1) is 0 Å². The molecule has 3 heteroatoms. The molecule has 0 radical (unpaired) electrons. The van der Waals surface area contributed by atoms with Crippen molar-refractivity contribution in [3.05, 3.63) is 188 Å². The molecule has 0 aliphatic heterocycles. The molecule has 11 aromatic rings. The first kappa shape index (κ1) is 30.4. The standard InChI is InChI=1S/C50H31NS2/c1-3-15-33(16-4-1)36-24-12-27-41-42-28-13-26-40(49(42)53-48(36)41)38-25-14-30-46-47(38)43-31-45(37-22-9-10-23-39(37)50(43)52-46)51(34-19-5-2-6-20-34)44-29-11-18-32-17-7-8-21-35(32)44/h1-31H. The highest BCUT2D eigenvalue weighted by Crippen LogP contribution is 2.51. The Labute approximate surface area is 315 Å². The third kappa shape index (κ3) is 4.75. The lowest BCUT2D eigenvalue weighted by atomic mass is 9.95. The molecule has 2 heterocycles. The summed E-state index contributed by atoms with van der Waals surface area (Å²) in [7, 11) is 0. The molecule has 0 aliphatic rings. The van der Waals surface area contributed by atoms with Crippen molar-refractivity contribution in [2.45, 2.75) is 0 Å². The predicted molar refractivity (Wildman–Crippen MR) is 233 cm³/mol. The van der Waals surface area contributed by atoms with Crippen molar-refractivity contribution in [1.29, 1.82) is 0 Å². The summed E-state index contributed by atoms with van der Waals surface area (Å²) in [4.78, 5) is 2.47. The van der Waals surface area contributed by atoms with Gasteiger partial charge in [0, 0.05) is 67.8 Å². The number of hydrogen-bond acceptors (Lipinski definition) is 3. The third-order valence-corrected chi connectivity index (χ3v) is 13.1. The average Bonchev–Trinajstić information content (AvgIpc) is 3.81. The van der Waals surface area contributed by atoms with Crippen molar-refractivity contribution in [2.75, 3.05) is 4.90 Å². The molecular formula is C50H31NS2. The van der Waals surface area contributed by atoms with Gasteiger partial charge in [-0.3, -0.25) is 0 Å². The summed E-state index contributed by atoms with van der Waals surface area (Å²) in [5, 5.41) is 10.2. The highest BCUT2D eigenvalue weighted by molar-refractivity contribution is 7.27. The Kier molecular flexibility index (Phi) is 6.97. The number of fused-ring (bicyclic) bond motifs is 9. The van der Waals surface area contributed by atoms with Gasteiger partial charge in [0.05, 0.1) is 11.4 Å². The maximum atomic E-state index is 2.47. The molecule has 0 atom stereocenters. The van der Waals surface area contributed by atoms with Crippen molar-refractivity contribution in [2.24, 2.45) is 0 Å². The first-order valence-electron chi connectivity index (χ1n) is 18.0. The Morgan fingerprint density at radius 2 is 0.906 bits per heavy atom. The molecule has 0 spiro atoms. The van der Waals surface area contributed by atoms with Gasteiger partial charge in [-0.05, 0) is 52.4 Å². The fourth-order valence-corrected chi connectivity index (χ4v) is 10.9. The Bertz CT molecular complexity index is 3170. The number of hydrogen-bond donors (Lipinski definition) is 0. The van der Waals surface area contributed by atoms with Gasteiger partial charge < -0.3 is 4.90 Å². The first-order chi connectivity index (χ1) is 26.3.